The van der Waals surface area contributed by atoms with Crippen LogP contribution >= 0.6 is 0 Å². The Balaban J connectivity index is 0.000000226. The minimum absolute atomic E-state index is 0.0993. The highest BCUT2D eigenvalue weighted by Crippen LogP contribution is 2.54. The Kier molecular flexibility index (Phi) is 2.80. The van der Waals surface area contributed by atoms with E-state index >= 15 is 0 Å². The second kappa shape index (κ2) is 3.92. The molecule has 3 aliphatic rings. The van der Waals surface area contributed by atoms with Crippen molar-refractivity contribution >= 4 is 5.97 Å². The topological polar surface area (TPSA) is 26.3 Å². The van der Waals surface area contributed by atoms with Crippen molar-refractivity contribution in [3.8, 4) is 0 Å². The minimum atomic E-state index is 0.0993. The summed E-state index contributed by atoms with van der Waals surface area (Å²) in [4.78, 5) is 11.2. The third-order valence-corrected chi connectivity index (χ3v) is 3.78. The molecule has 4 atom stereocenters. The van der Waals surface area contributed by atoms with E-state index in [0.717, 1.165) is 12.5 Å². The molecule has 0 aromatic carbocycles. The summed E-state index contributed by atoms with van der Waals surface area (Å²) < 4.78 is 5.06. The van der Waals surface area contributed by atoms with E-state index < -0.39 is 0 Å². The van der Waals surface area contributed by atoms with Gasteiger partial charge in [-0.1, -0.05) is 20.3 Å². The van der Waals surface area contributed by atoms with Crippen molar-refractivity contribution in [1.29, 1.82) is 0 Å². The quantitative estimate of drug-likeness (QED) is 0.557. The first kappa shape index (κ1) is 10.0. The van der Waals surface area contributed by atoms with Crippen molar-refractivity contribution in [2.75, 3.05) is 6.61 Å². The lowest BCUT2D eigenvalue weighted by molar-refractivity contribution is -0.142. The highest BCUT2D eigenvalue weighted by molar-refractivity contribution is 5.75. The standard InChI is InChI=1S/C9H12O2.C3H8/c10-9-8-6-2-1-5(3-6)7(8)4-11-9;1-3-2/h5-8H,1-4H2;3H2,1-2H3. The molecule has 1 aliphatic heterocycles. The Labute approximate surface area is 86.0 Å². The van der Waals surface area contributed by atoms with E-state index in [0.29, 0.717) is 17.8 Å². The zero-order valence-electron chi connectivity index (χ0n) is 9.16. The van der Waals surface area contributed by atoms with Crippen LogP contribution in [-0.4, -0.2) is 12.6 Å². The molecule has 3 fully saturated rings. The highest BCUT2D eigenvalue weighted by Gasteiger charge is 2.54. The van der Waals surface area contributed by atoms with Crippen molar-refractivity contribution in [1.82, 2.24) is 0 Å². The van der Waals surface area contributed by atoms with Crippen LogP contribution in [0.15, 0.2) is 0 Å². The van der Waals surface area contributed by atoms with Gasteiger partial charge in [0.1, 0.15) is 0 Å². The summed E-state index contributed by atoms with van der Waals surface area (Å²) in [7, 11) is 0. The van der Waals surface area contributed by atoms with Gasteiger partial charge in [0.05, 0.1) is 12.5 Å². The Morgan fingerprint density at radius 1 is 1.29 bits per heavy atom. The van der Waals surface area contributed by atoms with Crippen LogP contribution < -0.4 is 0 Å². The Morgan fingerprint density at radius 3 is 2.57 bits per heavy atom. The molecule has 0 aromatic rings. The maximum atomic E-state index is 11.2. The van der Waals surface area contributed by atoms with Crippen molar-refractivity contribution < 1.29 is 9.53 Å². The first-order chi connectivity index (χ1) is 6.77. The molecule has 2 aliphatic carbocycles. The predicted molar refractivity (Wildman–Crippen MR) is 54.7 cm³/mol. The molecule has 80 valence electrons. The zero-order valence-corrected chi connectivity index (χ0v) is 9.16. The first-order valence-electron chi connectivity index (χ1n) is 5.94. The van der Waals surface area contributed by atoms with Gasteiger partial charge in [0, 0.05) is 5.92 Å². The summed E-state index contributed by atoms with van der Waals surface area (Å²) in [5.74, 6) is 2.55. The number of esters is 1. The molecular formula is C12H20O2. The molecule has 2 nitrogen and oxygen atoms in total. The van der Waals surface area contributed by atoms with E-state index in [-0.39, 0.29) is 5.97 Å². The summed E-state index contributed by atoms with van der Waals surface area (Å²) in [6.45, 7) is 4.98. The van der Waals surface area contributed by atoms with E-state index in [1.54, 1.807) is 0 Å². The fourth-order valence-corrected chi connectivity index (χ4v) is 3.29. The lowest BCUT2D eigenvalue weighted by Crippen LogP contribution is -2.22. The van der Waals surface area contributed by atoms with Crippen LogP contribution in [-0.2, 0) is 9.53 Å². The van der Waals surface area contributed by atoms with Gasteiger partial charge in [0.25, 0.3) is 0 Å². The van der Waals surface area contributed by atoms with Crippen LogP contribution in [0.5, 0.6) is 0 Å². The summed E-state index contributed by atoms with van der Waals surface area (Å²) in [6, 6.07) is 0. The van der Waals surface area contributed by atoms with E-state index in [1.807, 2.05) is 0 Å². The zero-order chi connectivity index (χ0) is 10.1. The van der Waals surface area contributed by atoms with Gasteiger partial charge in [-0.25, -0.2) is 0 Å². The summed E-state index contributed by atoms with van der Waals surface area (Å²) >= 11 is 0. The fourth-order valence-electron chi connectivity index (χ4n) is 3.29. The molecule has 4 unspecified atom stereocenters. The average Bonchev–Trinajstić information content (AvgIpc) is 2.79. The Hall–Kier alpha value is -0.530. The number of carbonyl (C=O) groups is 1. The van der Waals surface area contributed by atoms with Gasteiger partial charge in [-0.2, -0.15) is 0 Å². The van der Waals surface area contributed by atoms with Gasteiger partial charge in [0.15, 0.2) is 0 Å². The average molecular weight is 196 g/mol. The van der Waals surface area contributed by atoms with Crippen molar-refractivity contribution in [2.24, 2.45) is 23.7 Å². The lowest BCUT2D eigenvalue weighted by atomic mass is 9.81. The van der Waals surface area contributed by atoms with Crippen LogP contribution in [0.2, 0.25) is 0 Å². The van der Waals surface area contributed by atoms with Crippen LogP contribution in [0, 0.1) is 23.7 Å². The van der Waals surface area contributed by atoms with Crippen molar-refractivity contribution in [3.63, 3.8) is 0 Å². The minimum Gasteiger partial charge on any atom is -0.465 e. The van der Waals surface area contributed by atoms with Crippen molar-refractivity contribution in [2.45, 2.75) is 39.5 Å². The molecule has 0 amide bonds. The third kappa shape index (κ3) is 1.45. The predicted octanol–water partition coefficient (Wildman–Crippen LogP) is 2.62. The van der Waals surface area contributed by atoms with Gasteiger partial charge >= 0.3 is 5.97 Å². The number of hydrogen-bond donors (Lipinski definition) is 0. The molecule has 0 aromatic heterocycles. The number of rotatable bonds is 0. The van der Waals surface area contributed by atoms with Gasteiger partial charge in [-0.15, -0.1) is 0 Å². The van der Waals surface area contributed by atoms with Crippen LogP contribution in [0.25, 0.3) is 0 Å². The molecule has 0 N–H and O–H groups in total. The molecule has 14 heavy (non-hydrogen) atoms. The Bertz CT molecular complexity index is 224. The smallest absolute Gasteiger partial charge is 0.309 e. The van der Waals surface area contributed by atoms with Crippen LogP contribution in [0.3, 0.4) is 0 Å². The first-order valence-corrected chi connectivity index (χ1v) is 5.94. The number of hydrogen-bond acceptors (Lipinski definition) is 2. The highest BCUT2D eigenvalue weighted by atomic mass is 16.5. The SMILES string of the molecule is CCC.O=C1OCC2C3CCC(C3)C12. The second-order valence-corrected chi connectivity index (χ2v) is 4.86. The van der Waals surface area contributed by atoms with Crippen LogP contribution in [0.4, 0.5) is 0 Å². The number of cyclic esters (lactones) is 1. The molecule has 2 bridgehead atoms. The molecule has 2 heteroatoms. The summed E-state index contributed by atoms with van der Waals surface area (Å²) in [5, 5.41) is 0. The normalized spacial score (nSPS) is 42.9. The third-order valence-electron chi connectivity index (χ3n) is 3.78. The lowest BCUT2D eigenvalue weighted by Gasteiger charge is -2.19. The maximum absolute atomic E-state index is 11.2. The number of ether oxygens (including phenoxy) is 1. The molecule has 0 radical (unpaired) electrons. The van der Waals surface area contributed by atoms with Gasteiger partial charge in [0.2, 0.25) is 0 Å². The van der Waals surface area contributed by atoms with Gasteiger partial charge in [-0.05, 0) is 31.1 Å². The fraction of sp³-hybridized carbons (Fsp3) is 0.917. The van der Waals surface area contributed by atoms with E-state index in [4.69, 9.17) is 4.74 Å². The molecule has 1 saturated heterocycles. The largest absolute Gasteiger partial charge is 0.465 e. The van der Waals surface area contributed by atoms with E-state index in [1.165, 1.54) is 25.7 Å². The summed E-state index contributed by atoms with van der Waals surface area (Å²) in [5.41, 5.74) is 0. The molecule has 3 rings (SSSR count). The van der Waals surface area contributed by atoms with E-state index in [9.17, 15) is 4.79 Å². The van der Waals surface area contributed by atoms with Gasteiger partial charge in [-0.3, -0.25) is 4.79 Å². The van der Waals surface area contributed by atoms with E-state index in [2.05, 4.69) is 13.8 Å². The molecular weight excluding hydrogens is 176 g/mol. The number of carbonyl (C=O) groups excluding carboxylic acids is 1. The number of fused-ring (bicyclic) bond motifs is 5. The van der Waals surface area contributed by atoms with Crippen LogP contribution in [0.1, 0.15) is 39.5 Å². The van der Waals surface area contributed by atoms with Crippen molar-refractivity contribution in [3.05, 3.63) is 0 Å². The monoisotopic (exact) mass is 196 g/mol. The second-order valence-electron chi connectivity index (χ2n) is 4.86. The molecule has 1 heterocycles. The maximum Gasteiger partial charge on any atom is 0.309 e. The molecule has 0 spiro atoms. The molecule has 2 saturated carbocycles. The summed E-state index contributed by atoms with van der Waals surface area (Å²) in [6.07, 6.45) is 5.19. The Morgan fingerprint density at radius 2 is 1.93 bits per heavy atom. The van der Waals surface area contributed by atoms with Gasteiger partial charge < -0.3 is 4.74 Å².